The van der Waals surface area contributed by atoms with Crippen molar-refractivity contribution in [3.8, 4) is 0 Å². The van der Waals surface area contributed by atoms with Crippen LogP contribution in [-0.4, -0.2) is 123 Å². The Kier molecular flexibility index (Phi) is 15.8. The Balaban J connectivity index is 0.972. The molecular formula is C52H60F3N9O7. The van der Waals surface area contributed by atoms with Crippen LogP contribution < -0.4 is 36.8 Å². The quantitative estimate of drug-likeness (QED) is 0.0961. The van der Waals surface area contributed by atoms with Crippen molar-refractivity contribution in [3.63, 3.8) is 0 Å². The van der Waals surface area contributed by atoms with E-state index in [0.29, 0.717) is 67.9 Å². The molecule has 0 radical (unpaired) electrons. The molecule has 4 atom stereocenters. The molecule has 2 saturated heterocycles. The number of hydrogen-bond donors (Lipinski definition) is 6. The highest BCUT2D eigenvalue weighted by Gasteiger charge is 2.47. The number of carbonyl (C=O) groups excluding carboxylic acids is 6. The van der Waals surface area contributed by atoms with Gasteiger partial charge in [0.05, 0.1) is 18.5 Å². The monoisotopic (exact) mass is 979 g/mol. The molecule has 0 bridgehead atoms. The second-order valence-corrected chi connectivity index (χ2v) is 19.0. The smallest absolute Gasteiger partial charge is 0.252 e. The van der Waals surface area contributed by atoms with E-state index >= 15 is 0 Å². The fourth-order valence-electron chi connectivity index (χ4n) is 10.1. The van der Waals surface area contributed by atoms with Gasteiger partial charge in [0.2, 0.25) is 29.5 Å². The molecular weight excluding hydrogens is 920 g/mol. The van der Waals surface area contributed by atoms with E-state index in [4.69, 9.17) is 4.74 Å². The summed E-state index contributed by atoms with van der Waals surface area (Å²) in [7, 11) is 1.59. The van der Waals surface area contributed by atoms with E-state index in [-0.39, 0.29) is 74.4 Å². The summed E-state index contributed by atoms with van der Waals surface area (Å²) in [6.07, 6.45) is 1.26. The van der Waals surface area contributed by atoms with Crippen molar-refractivity contribution < 1.29 is 46.7 Å². The van der Waals surface area contributed by atoms with Gasteiger partial charge in [-0.3, -0.25) is 33.7 Å². The van der Waals surface area contributed by atoms with E-state index in [0.717, 1.165) is 35.9 Å². The first kappa shape index (κ1) is 50.7. The van der Waals surface area contributed by atoms with Crippen LogP contribution in [0.1, 0.15) is 67.0 Å². The zero-order valence-electron chi connectivity index (χ0n) is 40.0. The number of anilines is 3. The van der Waals surface area contributed by atoms with Crippen molar-refractivity contribution in [1.29, 1.82) is 0 Å². The number of benzene rings is 4. The third-order valence-electron chi connectivity index (χ3n) is 13.8. The van der Waals surface area contributed by atoms with Gasteiger partial charge in [0.25, 0.3) is 5.91 Å². The van der Waals surface area contributed by atoms with E-state index in [1.54, 1.807) is 43.1 Å². The molecule has 4 heterocycles. The van der Waals surface area contributed by atoms with Crippen molar-refractivity contribution in [2.45, 2.75) is 69.6 Å². The molecule has 4 aliphatic heterocycles. The van der Waals surface area contributed by atoms with Crippen molar-refractivity contribution in [2.24, 2.45) is 5.92 Å². The molecule has 16 nitrogen and oxygen atoms in total. The number of amides is 6. The zero-order chi connectivity index (χ0) is 50.4. The fraction of sp³-hybridized carbons (Fsp3) is 0.423. The summed E-state index contributed by atoms with van der Waals surface area (Å²) in [6, 6.07) is 17.6. The van der Waals surface area contributed by atoms with Crippen molar-refractivity contribution in [2.75, 3.05) is 81.6 Å². The van der Waals surface area contributed by atoms with Crippen LogP contribution in [0.5, 0.6) is 0 Å². The second-order valence-electron chi connectivity index (χ2n) is 19.0. The summed E-state index contributed by atoms with van der Waals surface area (Å²) in [4.78, 5) is 88.6. The number of piperazine rings is 1. The summed E-state index contributed by atoms with van der Waals surface area (Å²) >= 11 is 0. The molecule has 4 aromatic rings. The number of para-hydroxylation sites is 1. The Morgan fingerprint density at radius 1 is 0.887 bits per heavy atom. The van der Waals surface area contributed by atoms with Crippen LogP contribution in [0.25, 0.3) is 0 Å². The summed E-state index contributed by atoms with van der Waals surface area (Å²) in [5.74, 6) is -5.64. The first-order valence-electron chi connectivity index (χ1n) is 24.0. The maximum Gasteiger partial charge on any atom is 0.252 e. The number of likely N-dealkylation sites (N-methyl/N-ethyl adjacent to an activating group) is 1. The minimum absolute atomic E-state index is 0.0653. The third-order valence-corrected chi connectivity index (χ3v) is 13.8. The summed E-state index contributed by atoms with van der Waals surface area (Å²) in [5.41, 5.74) is 2.27. The molecule has 0 spiro atoms. The van der Waals surface area contributed by atoms with Gasteiger partial charge in [-0.05, 0) is 116 Å². The lowest BCUT2D eigenvalue weighted by Gasteiger charge is -2.34. The molecule has 4 aliphatic rings. The lowest BCUT2D eigenvalue weighted by atomic mass is 9.83. The van der Waals surface area contributed by atoms with E-state index in [9.17, 15) is 41.9 Å². The van der Waals surface area contributed by atoms with Gasteiger partial charge in [-0.2, -0.15) is 0 Å². The molecule has 2 fully saturated rings. The number of rotatable bonds is 16. The van der Waals surface area contributed by atoms with Gasteiger partial charge in [-0.1, -0.05) is 36.4 Å². The first-order valence-corrected chi connectivity index (χ1v) is 24.0. The largest absolute Gasteiger partial charge is 0.381 e. The van der Waals surface area contributed by atoms with Gasteiger partial charge in [0.1, 0.15) is 35.2 Å². The number of nitrogens with zero attached hydrogens (tertiary/aromatic N) is 3. The summed E-state index contributed by atoms with van der Waals surface area (Å²) < 4.78 is 49.0. The Morgan fingerprint density at radius 3 is 2.34 bits per heavy atom. The number of fused-ring (bicyclic) bond motifs is 2. The van der Waals surface area contributed by atoms with Crippen LogP contribution in [-0.2, 0) is 51.9 Å². The Hall–Kier alpha value is -6.67. The van der Waals surface area contributed by atoms with Crippen LogP contribution in [0.2, 0.25) is 0 Å². The maximum absolute atomic E-state index is 14.9. The molecule has 6 N–H and O–H groups in total. The minimum Gasteiger partial charge on any atom is -0.381 e. The van der Waals surface area contributed by atoms with E-state index in [2.05, 4.69) is 43.7 Å². The molecule has 8 rings (SSSR count). The molecule has 0 aromatic heterocycles. The Labute approximate surface area is 410 Å². The number of carbonyl (C=O) groups is 6. The number of ether oxygens (including phenoxy) is 1. The molecule has 376 valence electrons. The third kappa shape index (κ3) is 11.6. The number of halogens is 3. The fourth-order valence-corrected chi connectivity index (χ4v) is 10.1. The lowest BCUT2D eigenvalue weighted by Crippen LogP contribution is -2.55. The molecule has 71 heavy (non-hydrogen) atoms. The van der Waals surface area contributed by atoms with Gasteiger partial charge >= 0.3 is 0 Å². The molecule has 0 saturated carbocycles. The molecule has 1 unspecified atom stereocenters. The van der Waals surface area contributed by atoms with E-state index in [1.165, 1.54) is 23.1 Å². The standard InChI is InChI=1S/C52H60F3N9O7/c1-31-27-62(20-19-57-31)29-45(67)64-30-52(2,39-14-9-33(24-42(39)64)23-32-7-11-36(53)12-8-32)51(70)58-18-15-43(65)59-37-13-10-35-28-63(50(69)46(60-44(66)26-56-3)34-16-21-71-22-17-34)48(38(35)25-37)49(68)61-47-40(54)5-4-6-41(47)55/h4-14,24-25,31,34,46,48,56-57H,15-23,26-30H2,1-3H3,(H,58,70)(H,59,65)(H,60,66)(H,61,68)/t31-,46?,48+,52-/m1/s1. The average Bonchev–Trinajstić information content (AvgIpc) is 3.88. The Morgan fingerprint density at radius 2 is 1.62 bits per heavy atom. The zero-order valence-corrected chi connectivity index (χ0v) is 40.0. The maximum atomic E-state index is 14.9. The second kappa shape index (κ2) is 22.2. The van der Waals surface area contributed by atoms with Gasteiger partial charge in [0, 0.05) is 76.3 Å². The highest BCUT2D eigenvalue weighted by molar-refractivity contribution is 6.04. The lowest BCUT2D eigenvalue weighted by molar-refractivity contribution is -0.144. The van der Waals surface area contributed by atoms with Crippen LogP contribution in [0.3, 0.4) is 0 Å². The SMILES string of the molecule is CNCC(=O)NC(C(=O)N1Cc2ccc(NC(=O)CCNC(=O)[C@]3(C)CN(C(=O)CN4CCN[C@H](C)C4)c4cc(Cc5ccc(F)cc5)ccc43)cc2[C@H]1C(=O)Nc1c(F)cccc1F)C1CCOCC1. The van der Waals surface area contributed by atoms with Crippen LogP contribution in [0.4, 0.5) is 30.2 Å². The minimum atomic E-state index is -1.42. The van der Waals surface area contributed by atoms with Crippen LogP contribution in [0, 0.1) is 23.4 Å². The van der Waals surface area contributed by atoms with Gasteiger partial charge in [0.15, 0.2) is 0 Å². The predicted molar refractivity (Wildman–Crippen MR) is 260 cm³/mol. The van der Waals surface area contributed by atoms with E-state index < -0.39 is 58.4 Å². The molecule has 4 aromatic carbocycles. The predicted octanol–water partition coefficient (Wildman–Crippen LogP) is 3.89. The molecule has 0 aliphatic carbocycles. The summed E-state index contributed by atoms with van der Waals surface area (Å²) in [6.45, 7) is 6.75. The number of nitrogens with one attached hydrogen (secondary N) is 6. The van der Waals surface area contributed by atoms with Crippen molar-refractivity contribution in [1.82, 2.24) is 31.1 Å². The molecule has 19 heteroatoms. The average molecular weight is 980 g/mol. The highest BCUT2D eigenvalue weighted by atomic mass is 19.1. The summed E-state index contributed by atoms with van der Waals surface area (Å²) in [5, 5.41) is 17.0. The first-order chi connectivity index (χ1) is 34.1. The van der Waals surface area contributed by atoms with Crippen LogP contribution >= 0.6 is 0 Å². The van der Waals surface area contributed by atoms with Gasteiger partial charge in [-0.15, -0.1) is 0 Å². The van der Waals surface area contributed by atoms with E-state index in [1.807, 2.05) is 18.2 Å². The highest BCUT2D eigenvalue weighted by Crippen LogP contribution is 2.43. The van der Waals surface area contributed by atoms with Gasteiger partial charge in [-0.25, -0.2) is 13.2 Å². The van der Waals surface area contributed by atoms with Crippen LogP contribution in [0.15, 0.2) is 78.9 Å². The Bertz CT molecular complexity index is 2650. The van der Waals surface area contributed by atoms with Crippen molar-refractivity contribution in [3.05, 3.63) is 124 Å². The van der Waals surface area contributed by atoms with Crippen molar-refractivity contribution >= 4 is 52.5 Å². The number of hydrogen-bond acceptors (Lipinski definition) is 10. The molecule has 6 amide bonds. The van der Waals surface area contributed by atoms with Gasteiger partial charge < -0.3 is 46.4 Å². The topological polar surface area (TPSA) is 194 Å². The normalized spacial score (nSPS) is 20.4.